The van der Waals surface area contributed by atoms with Gasteiger partial charge >= 0.3 is 0 Å². The van der Waals surface area contributed by atoms with Gasteiger partial charge < -0.3 is 5.32 Å². The molecule has 0 atom stereocenters. The summed E-state index contributed by atoms with van der Waals surface area (Å²) < 4.78 is 24.4. The first-order valence-electron chi connectivity index (χ1n) is 6.47. The molecule has 1 aliphatic rings. The Morgan fingerprint density at radius 2 is 2.32 bits per heavy atom. The van der Waals surface area contributed by atoms with Gasteiger partial charge in [-0.3, -0.25) is 9.89 Å². The van der Waals surface area contributed by atoms with Crippen molar-refractivity contribution in [3.05, 3.63) is 39.7 Å². The van der Waals surface area contributed by atoms with E-state index in [0.717, 1.165) is 11.1 Å². The van der Waals surface area contributed by atoms with Crippen molar-refractivity contribution in [2.75, 3.05) is 11.6 Å². The number of H-pyrrole nitrogens is 1. The van der Waals surface area contributed by atoms with Crippen LogP contribution in [0.3, 0.4) is 0 Å². The number of sulfonamides is 1. The number of thiophene rings is 1. The van der Waals surface area contributed by atoms with Crippen LogP contribution in [-0.2, 0) is 27.9 Å². The normalized spacial score (nSPS) is 15.3. The third kappa shape index (κ3) is 3.11. The number of hydrogen-bond donors (Lipinski definition) is 2. The van der Waals surface area contributed by atoms with Crippen molar-refractivity contribution in [2.24, 2.45) is 0 Å². The molecule has 7 nitrogen and oxygen atoms in total. The van der Waals surface area contributed by atoms with Crippen molar-refractivity contribution >= 4 is 39.2 Å². The number of aromatic amines is 1. The lowest BCUT2D eigenvalue weighted by Gasteiger charge is -2.11. The molecule has 0 aliphatic carbocycles. The number of fused-ring (bicyclic) bond motifs is 1. The van der Waals surface area contributed by atoms with E-state index in [0.29, 0.717) is 17.1 Å². The molecule has 3 rings (SSSR count). The van der Waals surface area contributed by atoms with Crippen molar-refractivity contribution in [1.82, 2.24) is 14.5 Å². The zero-order valence-corrected chi connectivity index (χ0v) is 13.4. The smallest absolute Gasteiger partial charge is 0.249 e. The summed E-state index contributed by atoms with van der Waals surface area (Å²) in [5.41, 5.74) is 1.42. The van der Waals surface area contributed by atoms with Gasteiger partial charge in [0.25, 0.3) is 0 Å². The maximum atomic E-state index is 11.9. The van der Waals surface area contributed by atoms with E-state index in [4.69, 9.17) is 0 Å². The molecule has 0 spiro atoms. The molecule has 0 bridgehead atoms. The summed E-state index contributed by atoms with van der Waals surface area (Å²) in [6, 6.07) is 3.81. The van der Waals surface area contributed by atoms with Crippen LogP contribution in [0.4, 0.5) is 5.82 Å². The van der Waals surface area contributed by atoms with Gasteiger partial charge in [-0.25, -0.2) is 8.42 Å². The van der Waals surface area contributed by atoms with Crippen LogP contribution in [0.1, 0.15) is 16.1 Å². The van der Waals surface area contributed by atoms with E-state index >= 15 is 0 Å². The highest BCUT2D eigenvalue weighted by Gasteiger charge is 2.30. The number of hydrogen-bond acceptors (Lipinski definition) is 5. The first-order chi connectivity index (χ1) is 10.4. The average molecular weight is 338 g/mol. The Morgan fingerprint density at radius 3 is 3.00 bits per heavy atom. The quantitative estimate of drug-likeness (QED) is 0.824. The summed E-state index contributed by atoms with van der Waals surface area (Å²) in [4.78, 5) is 12.9. The van der Waals surface area contributed by atoms with Crippen LogP contribution < -0.4 is 5.32 Å². The van der Waals surface area contributed by atoms with E-state index < -0.39 is 10.0 Å². The SMILES string of the molecule is CS(=O)(=O)N1Cc2[nH]nc(NC(=O)/C=C\c3cccs3)c2C1. The fourth-order valence-corrected chi connectivity index (χ4v) is 3.50. The minimum atomic E-state index is -3.26. The van der Waals surface area contributed by atoms with Gasteiger partial charge in [0.2, 0.25) is 15.9 Å². The molecule has 0 saturated carbocycles. The molecule has 22 heavy (non-hydrogen) atoms. The lowest BCUT2D eigenvalue weighted by molar-refractivity contribution is -0.111. The Balaban J connectivity index is 1.70. The van der Waals surface area contributed by atoms with Gasteiger partial charge in [-0.2, -0.15) is 9.40 Å². The second kappa shape index (κ2) is 5.67. The molecular weight excluding hydrogens is 324 g/mol. The third-order valence-corrected chi connectivity index (χ3v) is 5.31. The standard InChI is InChI=1S/C13H14N4O3S2/c1-22(19,20)17-7-10-11(8-17)15-16-13(10)14-12(18)5-4-9-3-2-6-21-9/h2-6H,7-8H2,1H3,(H2,14,15,16,18)/b5-4-. The molecule has 2 aromatic rings. The van der Waals surface area contributed by atoms with Gasteiger partial charge in [-0.05, 0) is 17.5 Å². The maximum Gasteiger partial charge on any atom is 0.249 e. The fourth-order valence-electron chi connectivity index (χ4n) is 2.15. The van der Waals surface area contributed by atoms with Crippen molar-refractivity contribution in [3.63, 3.8) is 0 Å². The van der Waals surface area contributed by atoms with E-state index in [-0.39, 0.29) is 19.0 Å². The first-order valence-corrected chi connectivity index (χ1v) is 9.20. The Kier molecular flexibility index (Phi) is 3.85. The highest BCUT2D eigenvalue weighted by molar-refractivity contribution is 7.88. The summed E-state index contributed by atoms with van der Waals surface area (Å²) in [5.74, 6) is 0.0717. The van der Waals surface area contributed by atoms with Crippen LogP contribution in [0.25, 0.3) is 6.08 Å². The van der Waals surface area contributed by atoms with Gasteiger partial charge in [-0.15, -0.1) is 11.3 Å². The summed E-state index contributed by atoms with van der Waals surface area (Å²) in [5, 5.41) is 11.4. The lowest BCUT2D eigenvalue weighted by atomic mass is 10.3. The Hall–Kier alpha value is -1.97. The van der Waals surface area contributed by atoms with Crippen molar-refractivity contribution in [2.45, 2.75) is 13.1 Å². The molecule has 2 aromatic heterocycles. The topological polar surface area (TPSA) is 95.2 Å². The lowest BCUT2D eigenvalue weighted by Crippen LogP contribution is -2.24. The zero-order chi connectivity index (χ0) is 15.7. The van der Waals surface area contributed by atoms with Crippen LogP contribution in [0.2, 0.25) is 0 Å². The van der Waals surface area contributed by atoms with Gasteiger partial charge in [0.05, 0.1) is 18.5 Å². The number of nitrogens with zero attached hydrogens (tertiary/aromatic N) is 2. The zero-order valence-electron chi connectivity index (χ0n) is 11.7. The first kappa shape index (κ1) is 14.9. The molecule has 116 valence electrons. The number of carbonyl (C=O) groups excluding carboxylic acids is 1. The summed E-state index contributed by atoms with van der Waals surface area (Å²) in [6.07, 6.45) is 4.31. The number of anilines is 1. The fraction of sp³-hybridized carbons (Fsp3) is 0.231. The Bertz CT molecular complexity index is 822. The number of amides is 1. The van der Waals surface area contributed by atoms with Gasteiger partial charge in [0.15, 0.2) is 5.82 Å². The van der Waals surface area contributed by atoms with Crippen LogP contribution >= 0.6 is 11.3 Å². The molecule has 0 unspecified atom stereocenters. The highest BCUT2D eigenvalue weighted by atomic mass is 32.2. The van der Waals surface area contributed by atoms with E-state index in [9.17, 15) is 13.2 Å². The number of aromatic nitrogens is 2. The maximum absolute atomic E-state index is 11.9. The minimum absolute atomic E-state index is 0.217. The van der Waals surface area contributed by atoms with Crippen LogP contribution in [-0.4, -0.2) is 35.1 Å². The summed E-state index contributed by atoms with van der Waals surface area (Å²) >= 11 is 1.53. The summed E-state index contributed by atoms with van der Waals surface area (Å²) in [7, 11) is -3.26. The molecule has 2 N–H and O–H groups in total. The van der Waals surface area contributed by atoms with E-state index in [2.05, 4.69) is 15.5 Å². The predicted molar refractivity (Wildman–Crippen MR) is 84.7 cm³/mol. The number of carbonyl (C=O) groups is 1. The third-order valence-electron chi connectivity index (χ3n) is 3.27. The molecule has 0 saturated heterocycles. The van der Waals surface area contributed by atoms with Crippen molar-refractivity contribution < 1.29 is 13.2 Å². The molecule has 9 heteroatoms. The monoisotopic (exact) mass is 338 g/mol. The molecule has 3 heterocycles. The van der Waals surface area contributed by atoms with Gasteiger partial charge in [-0.1, -0.05) is 6.07 Å². The minimum Gasteiger partial charge on any atom is -0.305 e. The molecule has 0 fully saturated rings. The van der Waals surface area contributed by atoms with Gasteiger partial charge in [0, 0.05) is 23.1 Å². The molecule has 1 amide bonds. The second-order valence-electron chi connectivity index (χ2n) is 4.90. The van der Waals surface area contributed by atoms with Crippen LogP contribution in [0.5, 0.6) is 0 Å². The number of nitrogens with one attached hydrogen (secondary N) is 2. The molecule has 1 aliphatic heterocycles. The molecule has 0 radical (unpaired) electrons. The second-order valence-corrected chi connectivity index (χ2v) is 7.86. The average Bonchev–Trinajstić information content (AvgIpc) is 3.13. The molecule has 0 aromatic carbocycles. The Morgan fingerprint density at radius 1 is 1.50 bits per heavy atom. The predicted octanol–water partition coefficient (Wildman–Crippen LogP) is 1.40. The Labute approximate surface area is 131 Å². The van der Waals surface area contributed by atoms with Gasteiger partial charge in [0.1, 0.15) is 0 Å². The van der Waals surface area contributed by atoms with Crippen LogP contribution in [0, 0.1) is 0 Å². The van der Waals surface area contributed by atoms with E-state index in [1.807, 2.05) is 17.5 Å². The van der Waals surface area contributed by atoms with E-state index in [1.54, 1.807) is 6.08 Å². The number of rotatable bonds is 4. The van der Waals surface area contributed by atoms with Crippen molar-refractivity contribution in [1.29, 1.82) is 0 Å². The molecular formula is C13H14N4O3S2. The van der Waals surface area contributed by atoms with E-state index in [1.165, 1.54) is 21.7 Å². The van der Waals surface area contributed by atoms with Crippen molar-refractivity contribution in [3.8, 4) is 0 Å². The summed E-state index contributed by atoms with van der Waals surface area (Å²) in [6.45, 7) is 0.469. The highest BCUT2D eigenvalue weighted by Crippen LogP contribution is 2.28. The van der Waals surface area contributed by atoms with Crippen LogP contribution in [0.15, 0.2) is 23.6 Å². The largest absolute Gasteiger partial charge is 0.305 e.